The van der Waals surface area contributed by atoms with Crippen LogP contribution in [-0.2, 0) is 0 Å². The molecule has 1 heterocycles. The monoisotopic (exact) mass is 249 g/mol. The van der Waals surface area contributed by atoms with Crippen LogP contribution in [0.5, 0.6) is 5.75 Å². The van der Waals surface area contributed by atoms with Crippen LogP contribution in [-0.4, -0.2) is 17.6 Å². The fourth-order valence-corrected chi connectivity index (χ4v) is 3.57. The topological polar surface area (TPSA) is 35.2 Å². The van der Waals surface area contributed by atoms with Crippen LogP contribution in [0.15, 0.2) is 24.3 Å². The Morgan fingerprint density at radius 2 is 1.94 bits per heavy atom. The number of benzene rings is 1. The van der Waals surface area contributed by atoms with E-state index in [2.05, 4.69) is 24.3 Å². The molecule has 1 aromatic rings. The Kier molecular flexibility index (Phi) is 3.30. The molecule has 1 aliphatic carbocycles. The van der Waals surface area contributed by atoms with E-state index in [1.165, 1.54) is 36.3 Å². The van der Waals surface area contributed by atoms with Gasteiger partial charge in [-0.2, -0.15) is 11.8 Å². The summed E-state index contributed by atoms with van der Waals surface area (Å²) < 4.78 is 5.74. The molecule has 3 rings (SSSR count). The van der Waals surface area contributed by atoms with Gasteiger partial charge in [-0.3, -0.25) is 0 Å². The second-order valence-corrected chi connectivity index (χ2v) is 6.19. The molecule has 2 N–H and O–H groups in total. The quantitative estimate of drug-likeness (QED) is 0.891. The number of nitrogens with two attached hydrogens (primary N) is 1. The van der Waals surface area contributed by atoms with Gasteiger partial charge in [-0.05, 0) is 54.4 Å². The third kappa shape index (κ3) is 2.78. The molecule has 1 saturated carbocycles. The number of thioether (sulfide) groups is 1. The molecule has 0 spiro atoms. The SMILES string of the molecule is NC(c1ccc(OC2CC2)cc1)C1CCSC1. The molecule has 0 aromatic heterocycles. The van der Waals surface area contributed by atoms with Crippen molar-refractivity contribution < 1.29 is 4.74 Å². The fraction of sp³-hybridized carbons (Fsp3) is 0.571. The van der Waals surface area contributed by atoms with Gasteiger partial charge >= 0.3 is 0 Å². The molecule has 0 bridgehead atoms. The van der Waals surface area contributed by atoms with E-state index in [0.717, 1.165) is 5.75 Å². The highest BCUT2D eigenvalue weighted by Crippen LogP contribution is 2.33. The molecule has 92 valence electrons. The lowest BCUT2D eigenvalue weighted by molar-refractivity contribution is 0.303. The molecular formula is C14H19NOS. The van der Waals surface area contributed by atoms with Crippen molar-refractivity contribution in [3.8, 4) is 5.75 Å². The molecule has 0 radical (unpaired) electrons. The summed E-state index contributed by atoms with van der Waals surface area (Å²) in [4.78, 5) is 0. The molecule has 1 aliphatic heterocycles. The largest absolute Gasteiger partial charge is 0.490 e. The molecule has 2 aliphatic rings. The fourth-order valence-electron chi connectivity index (χ4n) is 2.26. The Bertz CT molecular complexity index is 368. The highest BCUT2D eigenvalue weighted by molar-refractivity contribution is 7.99. The smallest absolute Gasteiger partial charge is 0.119 e. The predicted octanol–water partition coefficient (Wildman–Crippen LogP) is 2.98. The lowest BCUT2D eigenvalue weighted by Crippen LogP contribution is -2.20. The van der Waals surface area contributed by atoms with E-state index in [9.17, 15) is 0 Å². The molecule has 2 unspecified atom stereocenters. The Balaban J connectivity index is 1.65. The van der Waals surface area contributed by atoms with Crippen LogP contribution >= 0.6 is 11.8 Å². The summed E-state index contributed by atoms with van der Waals surface area (Å²) >= 11 is 2.02. The van der Waals surface area contributed by atoms with Crippen molar-refractivity contribution in [3.63, 3.8) is 0 Å². The first kappa shape index (κ1) is 11.4. The molecule has 0 amide bonds. The van der Waals surface area contributed by atoms with Gasteiger partial charge in [-0.1, -0.05) is 12.1 Å². The van der Waals surface area contributed by atoms with Crippen molar-refractivity contribution in [2.75, 3.05) is 11.5 Å². The molecule has 2 nitrogen and oxygen atoms in total. The molecule has 2 fully saturated rings. The van der Waals surface area contributed by atoms with Crippen molar-refractivity contribution >= 4 is 11.8 Å². The summed E-state index contributed by atoms with van der Waals surface area (Å²) in [5.41, 5.74) is 7.56. The van der Waals surface area contributed by atoms with Crippen LogP contribution in [0.25, 0.3) is 0 Å². The van der Waals surface area contributed by atoms with E-state index in [1.807, 2.05) is 11.8 Å². The molecule has 1 aromatic carbocycles. The van der Waals surface area contributed by atoms with Crippen LogP contribution in [0.2, 0.25) is 0 Å². The van der Waals surface area contributed by atoms with E-state index in [4.69, 9.17) is 10.5 Å². The van der Waals surface area contributed by atoms with Crippen LogP contribution in [0, 0.1) is 5.92 Å². The van der Waals surface area contributed by atoms with Gasteiger partial charge in [-0.15, -0.1) is 0 Å². The number of rotatable bonds is 4. The van der Waals surface area contributed by atoms with Gasteiger partial charge in [0.25, 0.3) is 0 Å². The molecule has 2 atom stereocenters. The van der Waals surface area contributed by atoms with Crippen LogP contribution in [0.3, 0.4) is 0 Å². The molecule has 3 heteroatoms. The number of hydrogen-bond donors (Lipinski definition) is 1. The van der Waals surface area contributed by atoms with E-state index in [-0.39, 0.29) is 6.04 Å². The summed E-state index contributed by atoms with van der Waals surface area (Å²) in [5, 5.41) is 0. The van der Waals surface area contributed by atoms with E-state index in [0.29, 0.717) is 12.0 Å². The first-order valence-electron chi connectivity index (χ1n) is 6.43. The molecular weight excluding hydrogens is 230 g/mol. The zero-order valence-corrected chi connectivity index (χ0v) is 10.8. The first-order chi connectivity index (χ1) is 8.33. The highest BCUT2D eigenvalue weighted by Gasteiger charge is 2.25. The molecule has 17 heavy (non-hydrogen) atoms. The standard InChI is InChI=1S/C14H19NOS/c15-14(11-7-8-17-9-11)10-1-3-12(4-2-10)16-13-5-6-13/h1-4,11,13-14H,5-9,15H2. The van der Waals surface area contributed by atoms with Gasteiger partial charge in [0.05, 0.1) is 6.10 Å². The van der Waals surface area contributed by atoms with Crippen LogP contribution < -0.4 is 10.5 Å². The van der Waals surface area contributed by atoms with E-state index >= 15 is 0 Å². The van der Waals surface area contributed by atoms with Crippen molar-refractivity contribution in [2.45, 2.75) is 31.4 Å². The van der Waals surface area contributed by atoms with Crippen LogP contribution in [0.4, 0.5) is 0 Å². The Hall–Kier alpha value is -0.670. The Labute approximate surface area is 107 Å². The highest BCUT2D eigenvalue weighted by atomic mass is 32.2. The summed E-state index contributed by atoms with van der Waals surface area (Å²) in [6, 6.07) is 8.59. The van der Waals surface area contributed by atoms with Gasteiger partial charge in [0.15, 0.2) is 0 Å². The van der Waals surface area contributed by atoms with Crippen LogP contribution in [0.1, 0.15) is 30.9 Å². The lowest BCUT2D eigenvalue weighted by atomic mass is 9.93. The summed E-state index contributed by atoms with van der Waals surface area (Å²) in [6.45, 7) is 0. The molecule has 1 saturated heterocycles. The van der Waals surface area contributed by atoms with Crippen molar-refractivity contribution in [2.24, 2.45) is 11.7 Å². The van der Waals surface area contributed by atoms with E-state index < -0.39 is 0 Å². The maximum Gasteiger partial charge on any atom is 0.119 e. The minimum Gasteiger partial charge on any atom is -0.490 e. The average molecular weight is 249 g/mol. The van der Waals surface area contributed by atoms with Gasteiger partial charge in [0, 0.05) is 6.04 Å². The first-order valence-corrected chi connectivity index (χ1v) is 7.58. The van der Waals surface area contributed by atoms with Gasteiger partial charge in [0.1, 0.15) is 5.75 Å². The van der Waals surface area contributed by atoms with E-state index in [1.54, 1.807) is 0 Å². The Morgan fingerprint density at radius 1 is 1.18 bits per heavy atom. The second kappa shape index (κ2) is 4.91. The zero-order chi connectivity index (χ0) is 11.7. The third-order valence-corrected chi connectivity index (χ3v) is 4.75. The minimum absolute atomic E-state index is 0.194. The summed E-state index contributed by atoms with van der Waals surface area (Å²) in [6.07, 6.45) is 4.15. The van der Waals surface area contributed by atoms with Gasteiger partial charge < -0.3 is 10.5 Å². The second-order valence-electron chi connectivity index (χ2n) is 5.04. The van der Waals surface area contributed by atoms with Crippen molar-refractivity contribution in [1.82, 2.24) is 0 Å². The Morgan fingerprint density at radius 3 is 2.53 bits per heavy atom. The zero-order valence-electron chi connectivity index (χ0n) is 9.97. The van der Waals surface area contributed by atoms with Crippen molar-refractivity contribution in [3.05, 3.63) is 29.8 Å². The summed E-state index contributed by atoms with van der Waals surface area (Å²) in [7, 11) is 0. The van der Waals surface area contributed by atoms with Crippen molar-refractivity contribution in [1.29, 1.82) is 0 Å². The van der Waals surface area contributed by atoms with Gasteiger partial charge in [-0.25, -0.2) is 0 Å². The van der Waals surface area contributed by atoms with Gasteiger partial charge in [0.2, 0.25) is 0 Å². The third-order valence-electron chi connectivity index (χ3n) is 3.56. The normalized spacial score (nSPS) is 25.8. The lowest BCUT2D eigenvalue weighted by Gasteiger charge is -2.18. The number of ether oxygens (including phenoxy) is 1. The minimum atomic E-state index is 0.194. The predicted molar refractivity (Wildman–Crippen MR) is 72.5 cm³/mol. The maximum atomic E-state index is 6.31. The summed E-state index contributed by atoms with van der Waals surface area (Å²) in [5.74, 6) is 4.11. The number of hydrogen-bond acceptors (Lipinski definition) is 3. The maximum absolute atomic E-state index is 6.31. The average Bonchev–Trinajstić information content (AvgIpc) is 3.00.